The quantitative estimate of drug-likeness (QED) is 0.916. The highest BCUT2D eigenvalue weighted by atomic mass is 16.4. The van der Waals surface area contributed by atoms with Gasteiger partial charge >= 0.3 is 6.01 Å². The first-order valence-corrected chi connectivity index (χ1v) is 6.90. The standard InChI is InChI=1S/C14H19N5O/c1-3-15-10-13-16-17-14(20-13)19-9-8-18(2)11-6-4-5-7-12(11)19/h4-7,15H,3,8-10H2,1-2H3. The van der Waals surface area contributed by atoms with E-state index in [9.17, 15) is 0 Å². The molecule has 2 heterocycles. The third-order valence-corrected chi connectivity index (χ3v) is 3.46. The number of aromatic nitrogens is 2. The van der Waals surface area contributed by atoms with Gasteiger partial charge in [0, 0.05) is 20.1 Å². The van der Waals surface area contributed by atoms with Crippen LogP contribution in [0.3, 0.4) is 0 Å². The van der Waals surface area contributed by atoms with Crippen LogP contribution in [0.15, 0.2) is 28.7 Å². The molecule has 106 valence electrons. The SMILES string of the molecule is CCNCc1nnc(N2CCN(C)c3ccccc32)o1. The van der Waals surface area contributed by atoms with Crippen LogP contribution in [0.5, 0.6) is 0 Å². The zero-order valence-electron chi connectivity index (χ0n) is 11.8. The maximum absolute atomic E-state index is 5.74. The summed E-state index contributed by atoms with van der Waals surface area (Å²) in [6.45, 7) is 5.32. The summed E-state index contributed by atoms with van der Waals surface area (Å²) in [5.41, 5.74) is 2.30. The van der Waals surface area contributed by atoms with Gasteiger partial charge in [0.1, 0.15) is 0 Å². The molecule has 6 heteroatoms. The third kappa shape index (κ3) is 2.34. The van der Waals surface area contributed by atoms with Crippen molar-refractivity contribution in [3.8, 4) is 0 Å². The van der Waals surface area contributed by atoms with Crippen LogP contribution in [0.2, 0.25) is 0 Å². The predicted octanol–water partition coefficient (Wildman–Crippen LogP) is 1.77. The Balaban J connectivity index is 1.87. The molecule has 0 bridgehead atoms. The molecule has 0 fully saturated rings. The Labute approximate surface area is 118 Å². The maximum atomic E-state index is 5.74. The number of hydrogen-bond acceptors (Lipinski definition) is 6. The van der Waals surface area contributed by atoms with Crippen molar-refractivity contribution in [2.24, 2.45) is 0 Å². The summed E-state index contributed by atoms with van der Waals surface area (Å²) in [4.78, 5) is 4.32. The Hall–Kier alpha value is -2.08. The minimum absolute atomic E-state index is 0.568. The molecule has 0 radical (unpaired) electrons. The van der Waals surface area contributed by atoms with Crippen molar-refractivity contribution in [2.75, 3.05) is 36.5 Å². The number of hydrogen-bond donors (Lipinski definition) is 1. The average molecular weight is 273 g/mol. The van der Waals surface area contributed by atoms with Crippen LogP contribution >= 0.6 is 0 Å². The van der Waals surface area contributed by atoms with Crippen molar-refractivity contribution in [3.63, 3.8) is 0 Å². The Morgan fingerprint density at radius 1 is 1.20 bits per heavy atom. The first-order valence-electron chi connectivity index (χ1n) is 6.90. The number of nitrogens with zero attached hydrogens (tertiary/aromatic N) is 4. The van der Waals surface area contributed by atoms with E-state index in [-0.39, 0.29) is 0 Å². The lowest BCUT2D eigenvalue weighted by molar-refractivity contribution is 0.472. The van der Waals surface area contributed by atoms with Crippen LogP contribution in [-0.4, -0.2) is 36.9 Å². The first kappa shape index (κ1) is 12.9. The topological polar surface area (TPSA) is 57.4 Å². The van der Waals surface area contributed by atoms with Crippen molar-refractivity contribution < 1.29 is 4.42 Å². The highest BCUT2D eigenvalue weighted by Crippen LogP contribution is 2.35. The third-order valence-electron chi connectivity index (χ3n) is 3.46. The van der Waals surface area contributed by atoms with Gasteiger partial charge in [0.2, 0.25) is 5.89 Å². The molecule has 0 aliphatic carbocycles. The van der Waals surface area contributed by atoms with E-state index in [4.69, 9.17) is 4.42 Å². The van der Waals surface area contributed by atoms with Crippen LogP contribution in [0.4, 0.5) is 17.4 Å². The van der Waals surface area contributed by atoms with Gasteiger partial charge < -0.3 is 14.6 Å². The smallest absolute Gasteiger partial charge is 0.322 e. The lowest BCUT2D eigenvalue weighted by Crippen LogP contribution is -2.36. The molecule has 1 aliphatic heterocycles. The number of rotatable bonds is 4. The molecule has 0 unspecified atom stereocenters. The molecule has 1 aromatic carbocycles. The molecule has 0 spiro atoms. The van der Waals surface area contributed by atoms with E-state index in [1.165, 1.54) is 5.69 Å². The number of nitrogens with one attached hydrogen (secondary N) is 1. The molecular weight excluding hydrogens is 254 g/mol. The molecule has 2 aromatic rings. The van der Waals surface area contributed by atoms with Gasteiger partial charge in [0.05, 0.1) is 17.9 Å². The Morgan fingerprint density at radius 3 is 2.80 bits per heavy atom. The van der Waals surface area contributed by atoms with E-state index in [0.29, 0.717) is 18.5 Å². The monoisotopic (exact) mass is 273 g/mol. The fraction of sp³-hybridized carbons (Fsp3) is 0.429. The molecular formula is C14H19N5O. The average Bonchev–Trinajstić information content (AvgIpc) is 2.94. The summed E-state index contributed by atoms with van der Waals surface area (Å²) in [5, 5.41) is 11.4. The van der Waals surface area contributed by atoms with Crippen LogP contribution in [0, 0.1) is 0 Å². The highest BCUT2D eigenvalue weighted by Gasteiger charge is 2.24. The first-order chi connectivity index (χ1) is 9.79. The van der Waals surface area contributed by atoms with Crippen molar-refractivity contribution in [3.05, 3.63) is 30.2 Å². The summed E-state index contributed by atoms with van der Waals surface area (Å²) in [6.07, 6.45) is 0. The largest absolute Gasteiger partial charge is 0.406 e. The van der Waals surface area contributed by atoms with Gasteiger partial charge in [-0.1, -0.05) is 24.2 Å². The minimum Gasteiger partial charge on any atom is -0.406 e. The zero-order valence-corrected chi connectivity index (χ0v) is 11.8. The Bertz CT molecular complexity index is 582. The molecule has 0 atom stereocenters. The zero-order chi connectivity index (χ0) is 13.9. The lowest BCUT2D eigenvalue weighted by Gasteiger charge is -2.34. The number of anilines is 3. The number of para-hydroxylation sites is 2. The summed E-state index contributed by atoms with van der Waals surface area (Å²) in [6, 6.07) is 8.83. The van der Waals surface area contributed by atoms with E-state index in [1.807, 2.05) is 19.1 Å². The summed E-state index contributed by atoms with van der Waals surface area (Å²) >= 11 is 0. The van der Waals surface area contributed by atoms with Crippen molar-refractivity contribution in [2.45, 2.75) is 13.5 Å². The second-order valence-electron chi connectivity index (χ2n) is 4.82. The van der Waals surface area contributed by atoms with Gasteiger partial charge in [-0.25, -0.2) is 0 Å². The predicted molar refractivity (Wildman–Crippen MR) is 78.4 cm³/mol. The molecule has 1 aromatic heterocycles. The van der Waals surface area contributed by atoms with Crippen LogP contribution in [0.1, 0.15) is 12.8 Å². The molecule has 0 amide bonds. The lowest BCUT2D eigenvalue weighted by atomic mass is 10.2. The van der Waals surface area contributed by atoms with Crippen molar-refractivity contribution in [1.29, 1.82) is 0 Å². The summed E-state index contributed by atoms with van der Waals surface area (Å²) < 4.78 is 5.74. The van der Waals surface area contributed by atoms with Gasteiger partial charge in [-0.3, -0.25) is 4.90 Å². The second-order valence-corrected chi connectivity index (χ2v) is 4.82. The fourth-order valence-corrected chi connectivity index (χ4v) is 2.36. The second kappa shape index (κ2) is 5.50. The Kier molecular flexibility index (Phi) is 3.56. The minimum atomic E-state index is 0.568. The van der Waals surface area contributed by atoms with Crippen LogP contribution in [-0.2, 0) is 6.54 Å². The van der Waals surface area contributed by atoms with Gasteiger partial charge in [-0.2, -0.15) is 0 Å². The van der Waals surface area contributed by atoms with Crippen molar-refractivity contribution in [1.82, 2.24) is 15.5 Å². The van der Waals surface area contributed by atoms with Crippen LogP contribution in [0.25, 0.3) is 0 Å². The van der Waals surface area contributed by atoms with Gasteiger partial charge in [-0.05, 0) is 18.7 Å². The van der Waals surface area contributed by atoms with E-state index in [2.05, 4.69) is 44.5 Å². The number of likely N-dealkylation sites (N-methyl/N-ethyl adjacent to an activating group) is 1. The molecule has 3 rings (SSSR count). The van der Waals surface area contributed by atoms with Crippen molar-refractivity contribution >= 4 is 17.4 Å². The van der Waals surface area contributed by atoms with E-state index in [1.54, 1.807) is 0 Å². The highest BCUT2D eigenvalue weighted by molar-refractivity contribution is 5.76. The molecule has 1 N–H and O–H groups in total. The van der Waals surface area contributed by atoms with Gasteiger partial charge in [0.15, 0.2) is 0 Å². The van der Waals surface area contributed by atoms with Gasteiger partial charge in [-0.15, -0.1) is 5.10 Å². The normalized spacial score (nSPS) is 14.5. The molecule has 0 saturated carbocycles. The number of benzene rings is 1. The van der Waals surface area contributed by atoms with E-state index in [0.717, 1.165) is 25.3 Å². The fourth-order valence-electron chi connectivity index (χ4n) is 2.36. The Morgan fingerprint density at radius 2 is 2.00 bits per heavy atom. The van der Waals surface area contributed by atoms with Gasteiger partial charge in [0.25, 0.3) is 0 Å². The maximum Gasteiger partial charge on any atom is 0.322 e. The summed E-state index contributed by atoms with van der Waals surface area (Å²) in [7, 11) is 2.10. The molecule has 1 aliphatic rings. The van der Waals surface area contributed by atoms with E-state index < -0.39 is 0 Å². The molecule has 20 heavy (non-hydrogen) atoms. The molecule has 0 saturated heterocycles. The molecule has 6 nitrogen and oxygen atoms in total. The number of fused-ring (bicyclic) bond motifs is 1. The van der Waals surface area contributed by atoms with E-state index >= 15 is 0 Å². The summed E-state index contributed by atoms with van der Waals surface area (Å²) in [5.74, 6) is 0.623. The van der Waals surface area contributed by atoms with Crippen LogP contribution < -0.4 is 15.1 Å².